The molecule has 1 aliphatic carbocycles. The largest absolute Gasteiger partial charge is 0.478 e. The Morgan fingerprint density at radius 3 is 2.41 bits per heavy atom. The summed E-state index contributed by atoms with van der Waals surface area (Å²) in [6, 6.07) is 9.93. The molecule has 37 heavy (non-hydrogen) atoms. The van der Waals surface area contributed by atoms with Crippen molar-refractivity contribution in [2.75, 3.05) is 16.8 Å². The highest BCUT2D eigenvalue weighted by Gasteiger charge is 2.27. The van der Waals surface area contributed by atoms with Crippen LogP contribution in [0.2, 0.25) is 5.02 Å². The Bertz CT molecular complexity index is 1090. The molecule has 6 nitrogen and oxygen atoms in total. The molecule has 0 heterocycles. The number of anilines is 2. The van der Waals surface area contributed by atoms with Crippen molar-refractivity contribution in [2.24, 2.45) is 11.8 Å². The van der Waals surface area contributed by atoms with Gasteiger partial charge in [-0.05, 0) is 48.6 Å². The van der Waals surface area contributed by atoms with Crippen LogP contribution < -0.4 is 15.0 Å². The zero-order valence-corrected chi connectivity index (χ0v) is 22.9. The van der Waals surface area contributed by atoms with Crippen LogP contribution in [0.25, 0.3) is 0 Å². The van der Waals surface area contributed by atoms with Crippen molar-refractivity contribution in [3.63, 3.8) is 0 Å². The van der Waals surface area contributed by atoms with Crippen molar-refractivity contribution < 1.29 is 23.8 Å². The van der Waals surface area contributed by atoms with Gasteiger partial charge in [-0.15, -0.1) is 0 Å². The van der Waals surface area contributed by atoms with E-state index < -0.39 is 17.9 Å². The molecule has 202 valence electrons. The van der Waals surface area contributed by atoms with E-state index in [1.54, 1.807) is 32.0 Å². The third kappa shape index (κ3) is 8.09. The van der Waals surface area contributed by atoms with Crippen molar-refractivity contribution in [3.8, 4) is 5.75 Å². The van der Waals surface area contributed by atoms with E-state index in [0.29, 0.717) is 23.4 Å². The summed E-state index contributed by atoms with van der Waals surface area (Å²) >= 11 is 5.86. The fraction of sp³-hybridized carbons (Fsp3) is 0.517. The third-order valence-electron chi connectivity index (χ3n) is 6.61. The predicted molar refractivity (Wildman–Crippen MR) is 146 cm³/mol. The van der Waals surface area contributed by atoms with E-state index in [0.717, 1.165) is 37.9 Å². The number of halogens is 2. The molecule has 3 rings (SSSR count). The number of rotatable bonds is 11. The molecule has 0 radical (unpaired) electrons. The number of hydrogen-bond donors (Lipinski definition) is 2. The lowest BCUT2D eigenvalue weighted by atomic mass is 9.93. The average molecular weight is 533 g/mol. The van der Waals surface area contributed by atoms with E-state index in [1.807, 2.05) is 6.07 Å². The number of hydrogen-bond acceptors (Lipinski definition) is 4. The van der Waals surface area contributed by atoms with Gasteiger partial charge in [0.05, 0.1) is 17.8 Å². The minimum atomic E-state index is -1.05. The Hall–Kier alpha value is -2.80. The second kappa shape index (κ2) is 13.1. The van der Waals surface area contributed by atoms with E-state index in [2.05, 4.69) is 24.1 Å². The molecule has 8 heteroatoms. The zero-order chi connectivity index (χ0) is 27.1. The molecule has 2 N–H and O–H groups in total. The van der Waals surface area contributed by atoms with E-state index in [1.165, 1.54) is 18.6 Å². The number of carboxylic acids is 1. The first-order valence-corrected chi connectivity index (χ1v) is 13.5. The van der Waals surface area contributed by atoms with Gasteiger partial charge in [0, 0.05) is 29.6 Å². The van der Waals surface area contributed by atoms with E-state index >= 15 is 0 Å². The maximum Gasteiger partial charge on any atom is 0.345 e. The third-order valence-corrected chi connectivity index (χ3v) is 6.84. The quantitative estimate of drug-likeness (QED) is 0.327. The highest BCUT2D eigenvalue weighted by molar-refractivity contribution is 6.30. The minimum Gasteiger partial charge on any atom is -0.478 e. The molecule has 2 aromatic carbocycles. The van der Waals surface area contributed by atoms with Gasteiger partial charge in [-0.2, -0.15) is 0 Å². The fourth-order valence-electron chi connectivity index (χ4n) is 4.82. The maximum absolute atomic E-state index is 14.4. The summed E-state index contributed by atoms with van der Waals surface area (Å²) in [6.45, 7) is 8.70. The normalized spacial score (nSPS) is 15.0. The Labute approximate surface area is 224 Å². The lowest BCUT2D eigenvalue weighted by Crippen LogP contribution is -2.40. The first-order chi connectivity index (χ1) is 17.5. The Kier molecular flexibility index (Phi) is 10.2. The van der Waals surface area contributed by atoms with Crippen molar-refractivity contribution in [2.45, 2.75) is 78.4 Å². The summed E-state index contributed by atoms with van der Waals surface area (Å²) in [4.78, 5) is 27.2. The summed E-state index contributed by atoms with van der Waals surface area (Å²) in [6.07, 6.45) is 4.50. The van der Waals surface area contributed by atoms with Crippen LogP contribution in [0.5, 0.6) is 5.75 Å². The second-order valence-electron chi connectivity index (χ2n) is 10.6. The van der Waals surface area contributed by atoms with Crippen LogP contribution >= 0.6 is 11.6 Å². The summed E-state index contributed by atoms with van der Waals surface area (Å²) in [5, 5.41) is 12.8. The first kappa shape index (κ1) is 28.8. The lowest BCUT2D eigenvalue weighted by molar-refractivity contribution is -0.147. The monoisotopic (exact) mass is 532 g/mol. The maximum atomic E-state index is 14.4. The van der Waals surface area contributed by atoms with Crippen molar-refractivity contribution in [1.82, 2.24) is 0 Å². The van der Waals surface area contributed by atoms with Crippen LogP contribution in [0.1, 0.15) is 65.4 Å². The van der Waals surface area contributed by atoms with Gasteiger partial charge in [-0.25, -0.2) is 9.18 Å². The van der Waals surface area contributed by atoms with Gasteiger partial charge in [0.25, 0.3) is 0 Å². The fourth-order valence-corrected chi connectivity index (χ4v) is 4.98. The number of nitrogens with one attached hydrogen (secondary N) is 1. The van der Waals surface area contributed by atoms with Crippen LogP contribution in [0.4, 0.5) is 15.8 Å². The molecular formula is C29H38ClFN2O4. The number of aliphatic carboxylic acids is 1. The Morgan fingerprint density at radius 1 is 1.11 bits per heavy atom. The number of carbonyl (C=O) groups is 2. The first-order valence-electron chi connectivity index (χ1n) is 13.1. The smallest absolute Gasteiger partial charge is 0.345 e. The van der Waals surface area contributed by atoms with Crippen LogP contribution in [0.3, 0.4) is 0 Å². The molecule has 1 atom stereocenters. The number of benzene rings is 2. The molecular weight excluding hydrogens is 495 g/mol. The molecule has 0 saturated heterocycles. The van der Waals surface area contributed by atoms with Gasteiger partial charge < -0.3 is 20.1 Å². The van der Waals surface area contributed by atoms with Crippen molar-refractivity contribution >= 4 is 34.9 Å². The molecule has 1 saturated carbocycles. The summed E-state index contributed by atoms with van der Waals surface area (Å²) in [5.74, 6) is -1.47. The molecule has 0 aliphatic heterocycles. The molecule has 0 aromatic heterocycles. The number of nitrogens with zero attached hydrogens (tertiary/aromatic N) is 1. The lowest BCUT2D eigenvalue weighted by Gasteiger charge is -2.38. The molecule has 2 aromatic rings. The topological polar surface area (TPSA) is 78.9 Å². The standard InChI is InChI=1S/C29H38ClFN2O4/c1-18(2)17-33(22-8-6-5-7-9-22)26-13-12-23(37-28(19(3)4)29(35)36)16-25(26)32-27(34)14-20-10-11-21(30)15-24(20)31/h10-13,15-16,18-19,22,28H,5-9,14,17H2,1-4H3,(H,32,34)(H,35,36). The highest BCUT2D eigenvalue weighted by Crippen LogP contribution is 2.36. The molecule has 1 amide bonds. The Morgan fingerprint density at radius 2 is 1.81 bits per heavy atom. The van der Waals surface area contributed by atoms with Gasteiger partial charge in [-0.1, -0.05) is 64.6 Å². The molecule has 1 unspecified atom stereocenters. The summed E-state index contributed by atoms with van der Waals surface area (Å²) in [5.41, 5.74) is 1.62. The number of amides is 1. The SMILES string of the molecule is CC(C)CN(c1ccc(OC(C(=O)O)C(C)C)cc1NC(=O)Cc1ccc(Cl)cc1F)C1CCCCC1. The predicted octanol–water partition coefficient (Wildman–Crippen LogP) is 6.94. The van der Waals surface area contributed by atoms with Gasteiger partial charge in [-0.3, -0.25) is 4.79 Å². The summed E-state index contributed by atoms with van der Waals surface area (Å²) < 4.78 is 20.2. The van der Waals surface area contributed by atoms with Gasteiger partial charge in [0.15, 0.2) is 6.10 Å². The van der Waals surface area contributed by atoms with Crippen LogP contribution in [0.15, 0.2) is 36.4 Å². The van der Waals surface area contributed by atoms with Gasteiger partial charge >= 0.3 is 5.97 Å². The van der Waals surface area contributed by atoms with E-state index in [4.69, 9.17) is 16.3 Å². The molecule has 0 spiro atoms. The van der Waals surface area contributed by atoms with Crippen molar-refractivity contribution in [3.05, 3.63) is 52.8 Å². The molecule has 0 bridgehead atoms. The molecule has 1 fully saturated rings. The number of carboxylic acid groups (broad SMARTS) is 1. The van der Waals surface area contributed by atoms with Gasteiger partial charge in [0.2, 0.25) is 5.91 Å². The van der Waals surface area contributed by atoms with Crippen LogP contribution in [-0.2, 0) is 16.0 Å². The molecule has 1 aliphatic rings. The Balaban J connectivity index is 1.96. The second-order valence-corrected chi connectivity index (χ2v) is 11.0. The van der Waals surface area contributed by atoms with E-state index in [-0.39, 0.29) is 28.8 Å². The van der Waals surface area contributed by atoms with E-state index in [9.17, 15) is 19.1 Å². The zero-order valence-electron chi connectivity index (χ0n) is 22.1. The summed E-state index contributed by atoms with van der Waals surface area (Å²) in [7, 11) is 0. The average Bonchev–Trinajstić information content (AvgIpc) is 2.83. The highest BCUT2D eigenvalue weighted by atomic mass is 35.5. The van der Waals surface area contributed by atoms with Crippen LogP contribution in [0, 0.1) is 17.7 Å². The number of carbonyl (C=O) groups excluding carboxylic acids is 1. The minimum absolute atomic E-state index is 0.162. The van der Waals surface area contributed by atoms with Crippen LogP contribution in [-0.4, -0.2) is 35.7 Å². The van der Waals surface area contributed by atoms with Gasteiger partial charge in [0.1, 0.15) is 11.6 Å². The van der Waals surface area contributed by atoms with Crippen molar-refractivity contribution in [1.29, 1.82) is 0 Å². The number of ether oxygens (including phenoxy) is 1.